The molecular formula is C10H14BrN3O2. The maximum absolute atomic E-state index is 5.43. The van der Waals surface area contributed by atoms with Crippen molar-refractivity contribution in [3.63, 3.8) is 0 Å². The monoisotopic (exact) mass is 287 g/mol. The van der Waals surface area contributed by atoms with Crippen molar-refractivity contribution in [1.29, 1.82) is 0 Å². The van der Waals surface area contributed by atoms with Gasteiger partial charge in [-0.2, -0.15) is 0 Å². The summed E-state index contributed by atoms with van der Waals surface area (Å²) >= 11 is 3.49. The SMILES string of the molecule is COc1cc(N2CCOCC2CBr)ncn1. The van der Waals surface area contributed by atoms with Gasteiger partial charge in [-0.1, -0.05) is 15.9 Å². The molecular weight excluding hydrogens is 274 g/mol. The Kier molecular flexibility index (Phi) is 3.95. The van der Waals surface area contributed by atoms with Crippen molar-refractivity contribution in [3.8, 4) is 5.88 Å². The Morgan fingerprint density at radius 2 is 2.50 bits per heavy atom. The molecule has 1 aliphatic heterocycles. The van der Waals surface area contributed by atoms with Crippen molar-refractivity contribution in [2.24, 2.45) is 0 Å². The number of morpholine rings is 1. The smallest absolute Gasteiger partial charge is 0.218 e. The van der Waals surface area contributed by atoms with Gasteiger partial charge < -0.3 is 14.4 Å². The molecule has 1 unspecified atom stereocenters. The lowest BCUT2D eigenvalue weighted by Gasteiger charge is -2.35. The second-order valence-corrected chi connectivity index (χ2v) is 4.14. The molecule has 2 heterocycles. The first-order valence-electron chi connectivity index (χ1n) is 5.11. The van der Waals surface area contributed by atoms with Crippen LogP contribution in [0.5, 0.6) is 5.88 Å². The molecule has 0 bridgehead atoms. The normalized spacial score (nSPS) is 20.9. The van der Waals surface area contributed by atoms with Crippen molar-refractivity contribution in [2.45, 2.75) is 6.04 Å². The summed E-state index contributed by atoms with van der Waals surface area (Å²) in [5, 5.41) is 0.860. The fourth-order valence-corrected chi connectivity index (χ4v) is 2.22. The third kappa shape index (κ3) is 2.44. The van der Waals surface area contributed by atoms with E-state index >= 15 is 0 Å². The summed E-state index contributed by atoms with van der Waals surface area (Å²) < 4.78 is 10.5. The summed E-state index contributed by atoms with van der Waals surface area (Å²) in [4.78, 5) is 10.5. The van der Waals surface area contributed by atoms with Crippen LogP contribution in [0.2, 0.25) is 0 Å². The number of hydrogen-bond acceptors (Lipinski definition) is 5. The van der Waals surface area contributed by atoms with E-state index in [0.717, 1.165) is 30.9 Å². The molecule has 1 saturated heterocycles. The Balaban J connectivity index is 2.20. The summed E-state index contributed by atoms with van der Waals surface area (Å²) in [7, 11) is 1.60. The van der Waals surface area contributed by atoms with E-state index in [2.05, 4.69) is 30.8 Å². The molecule has 0 aliphatic carbocycles. The third-order valence-corrected chi connectivity index (χ3v) is 3.28. The minimum absolute atomic E-state index is 0.313. The van der Waals surface area contributed by atoms with Gasteiger partial charge in [0.1, 0.15) is 12.1 Å². The second kappa shape index (κ2) is 5.45. The van der Waals surface area contributed by atoms with Crippen LogP contribution in [-0.2, 0) is 4.74 Å². The largest absolute Gasteiger partial charge is 0.481 e. The van der Waals surface area contributed by atoms with Crippen LogP contribution in [0, 0.1) is 0 Å². The van der Waals surface area contributed by atoms with Crippen LogP contribution in [0.4, 0.5) is 5.82 Å². The highest BCUT2D eigenvalue weighted by atomic mass is 79.9. The summed E-state index contributed by atoms with van der Waals surface area (Å²) in [6.45, 7) is 2.30. The van der Waals surface area contributed by atoms with E-state index in [1.807, 2.05) is 6.07 Å². The van der Waals surface area contributed by atoms with E-state index in [4.69, 9.17) is 9.47 Å². The molecule has 1 atom stereocenters. The van der Waals surface area contributed by atoms with Gasteiger partial charge in [0.15, 0.2) is 0 Å². The summed E-state index contributed by atoms with van der Waals surface area (Å²) in [5.41, 5.74) is 0. The molecule has 0 amide bonds. The topological polar surface area (TPSA) is 47.5 Å². The van der Waals surface area contributed by atoms with Gasteiger partial charge in [0, 0.05) is 17.9 Å². The number of rotatable bonds is 3. The first-order valence-corrected chi connectivity index (χ1v) is 6.23. The summed E-state index contributed by atoms with van der Waals surface area (Å²) in [6, 6.07) is 2.16. The molecule has 88 valence electrons. The van der Waals surface area contributed by atoms with Crippen LogP contribution in [0.1, 0.15) is 0 Å². The first kappa shape index (κ1) is 11.6. The molecule has 1 aromatic rings. The zero-order chi connectivity index (χ0) is 11.4. The minimum Gasteiger partial charge on any atom is -0.481 e. The van der Waals surface area contributed by atoms with Gasteiger partial charge in [0.25, 0.3) is 0 Å². The number of nitrogens with zero attached hydrogens (tertiary/aromatic N) is 3. The average Bonchev–Trinajstić information content (AvgIpc) is 2.38. The van der Waals surface area contributed by atoms with E-state index in [9.17, 15) is 0 Å². The highest BCUT2D eigenvalue weighted by molar-refractivity contribution is 9.09. The Morgan fingerprint density at radius 3 is 3.25 bits per heavy atom. The third-order valence-electron chi connectivity index (χ3n) is 2.54. The van der Waals surface area contributed by atoms with Crippen molar-refractivity contribution in [3.05, 3.63) is 12.4 Å². The molecule has 0 radical (unpaired) electrons. The number of alkyl halides is 1. The molecule has 16 heavy (non-hydrogen) atoms. The standard InChI is InChI=1S/C10H14BrN3O2/c1-15-10-4-9(12-7-13-10)14-2-3-16-6-8(14)5-11/h4,7-8H,2-3,5-6H2,1H3. The molecule has 5 nitrogen and oxygen atoms in total. The number of ether oxygens (including phenoxy) is 2. The van der Waals surface area contributed by atoms with Crippen molar-refractivity contribution < 1.29 is 9.47 Å². The van der Waals surface area contributed by atoms with Crippen LogP contribution in [-0.4, -0.2) is 48.2 Å². The molecule has 1 fully saturated rings. The predicted octanol–water partition coefficient (Wildman–Crippen LogP) is 1.09. The highest BCUT2D eigenvalue weighted by Gasteiger charge is 2.23. The van der Waals surface area contributed by atoms with E-state index in [1.54, 1.807) is 7.11 Å². The molecule has 2 rings (SSSR count). The molecule has 0 aromatic carbocycles. The molecule has 1 aromatic heterocycles. The van der Waals surface area contributed by atoms with Gasteiger partial charge in [0.2, 0.25) is 5.88 Å². The number of aromatic nitrogens is 2. The van der Waals surface area contributed by atoms with Crippen molar-refractivity contribution in [1.82, 2.24) is 9.97 Å². The molecule has 6 heteroatoms. The molecule has 1 aliphatic rings. The molecule has 0 N–H and O–H groups in total. The van der Waals surface area contributed by atoms with Gasteiger partial charge in [0.05, 0.1) is 26.4 Å². The van der Waals surface area contributed by atoms with E-state index in [0.29, 0.717) is 11.9 Å². The quantitative estimate of drug-likeness (QED) is 0.779. The maximum atomic E-state index is 5.43. The zero-order valence-corrected chi connectivity index (χ0v) is 10.7. The lowest BCUT2D eigenvalue weighted by Crippen LogP contribution is -2.47. The Labute approximate surface area is 103 Å². The summed E-state index contributed by atoms with van der Waals surface area (Å²) in [6.07, 6.45) is 1.52. The van der Waals surface area contributed by atoms with Gasteiger partial charge in [-0.25, -0.2) is 9.97 Å². The van der Waals surface area contributed by atoms with Crippen LogP contribution in [0.15, 0.2) is 12.4 Å². The second-order valence-electron chi connectivity index (χ2n) is 3.50. The number of hydrogen-bond donors (Lipinski definition) is 0. The molecule has 0 spiro atoms. The minimum atomic E-state index is 0.313. The fourth-order valence-electron chi connectivity index (χ4n) is 1.68. The van der Waals surface area contributed by atoms with Crippen LogP contribution >= 0.6 is 15.9 Å². The van der Waals surface area contributed by atoms with E-state index < -0.39 is 0 Å². The Bertz CT molecular complexity index is 351. The highest BCUT2D eigenvalue weighted by Crippen LogP contribution is 2.20. The van der Waals surface area contributed by atoms with Gasteiger partial charge in [-0.3, -0.25) is 0 Å². The maximum Gasteiger partial charge on any atom is 0.218 e. The fraction of sp³-hybridized carbons (Fsp3) is 0.600. The van der Waals surface area contributed by atoms with Crippen molar-refractivity contribution >= 4 is 21.7 Å². The summed E-state index contributed by atoms with van der Waals surface area (Å²) in [5.74, 6) is 1.48. The zero-order valence-electron chi connectivity index (χ0n) is 9.10. The lowest BCUT2D eigenvalue weighted by atomic mass is 10.2. The first-order chi connectivity index (χ1) is 7.85. The van der Waals surface area contributed by atoms with Crippen LogP contribution < -0.4 is 9.64 Å². The molecule has 0 saturated carbocycles. The average molecular weight is 288 g/mol. The number of anilines is 1. The van der Waals surface area contributed by atoms with E-state index in [-0.39, 0.29) is 0 Å². The predicted molar refractivity (Wildman–Crippen MR) is 64.3 cm³/mol. The Morgan fingerprint density at radius 1 is 1.62 bits per heavy atom. The van der Waals surface area contributed by atoms with Gasteiger partial charge in [-0.05, 0) is 0 Å². The van der Waals surface area contributed by atoms with Crippen LogP contribution in [0.3, 0.4) is 0 Å². The lowest BCUT2D eigenvalue weighted by molar-refractivity contribution is 0.0999. The van der Waals surface area contributed by atoms with Crippen molar-refractivity contribution in [2.75, 3.05) is 37.1 Å². The van der Waals surface area contributed by atoms with Gasteiger partial charge >= 0.3 is 0 Å². The number of halogens is 1. The van der Waals surface area contributed by atoms with Crippen LogP contribution in [0.25, 0.3) is 0 Å². The van der Waals surface area contributed by atoms with Gasteiger partial charge in [-0.15, -0.1) is 0 Å². The number of methoxy groups -OCH3 is 1. The van der Waals surface area contributed by atoms with E-state index in [1.165, 1.54) is 6.33 Å². The Hall–Kier alpha value is -0.880.